The molecule has 0 radical (unpaired) electrons. The first kappa shape index (κ1) is 33.2. The highest BCUT2D eigenvalue weighted by molar-refractivity contribution is 7.92. The van der Waals surface area contributed by atoms with Crippen LogP contribution in [-0.4, -0.2) is 43.8 Å². The summed E-state index contributed by atoms with van der Waals surface area (Å²) in [5.41, 5.74) is 2.94. The topological polar surface area (TPSA) is 86.8 Å². The first-order chi connectivity index (χ1) is 22.2. The zero-order chi connectivity index (χ0) is 32.5. The molecule has 240 valence electrons. The number of carbonyl (C=O) groups is 2. The van der Waals surface area contributed by atoms with E-state index in [2.05, 4.69) is 5.32 Å². The second-order valence-electron chi connectivity index (χ2n) is 11.9. The number of carbonyl (C=O) groups excluding carboxylic acids is 2. The van der Waals surface area contributed by atoms with Gasteiger partial charge in [-0.2, -0.15) is 0 Å². The van der Waals surface area contributed by atoms with Crippen LogP contribution in [0.1, 0.15) is 48.8 Å². The molecule has 46 heavy (non-hydrogen) atoms. The first-order valence-electron chi connectivity index (χ1n) is 15.7. The number of rotatable bonds is 12. The Morgan fingerprint density at radius 3 is 2.09 bits per heavy atom. The summed E-state index contributed by atoms with van der Waals surface area (Å²) in [5.74, 6) is -0.717. The van der Waals surface area contributed by atoms with E-state index in [1.54, 1.807) is 23.1 Å². The molecule has 2 amide bonds. The summed E-state index contributed by atoms with van der Waals surface area (Å²) in [5, 5.41) is 3.64. The fraction of sp³-hybridized carbons (Fsp3) is 0.297. The molecule has 4 aromatic rings. The van der Waals surface area contributed by atoms with E-state index in [4.69, 9.17) is 11.6 Å². The number of nitrogens with one attached hydrogen (secondary N) is 1. The Morgan fingerprint density at radius 2 is 1.46 bits per heavy atom. The molecule has 1 unspecified atom stereocenters. The Bertz CT molecular complexity index is 1710. The van der Waals surface area contributed by atoms with Crippen LogP contribution in [0.4, 0.5) is 5.69 Å². The molecule has 1 aliphatic rings. The zero-order valence-corrected chi connectivity index (χ0v) is 27.6. The largest absolute Gasteiger partial charge is 0.352 e. The number of sulfonamides is 1. The molecule has 7 nitrogen and oxygen atoms in total. The maximum atomic E-state index is 14.6. The van der Waals surface area contributed by atoms with Gasteiger partial charge in [0.25, 0.3) is 10.0 Å². The number of hydrogen-bond donors (Lipinski definition) is 1. The number of amides is 2. The average molecular weight is 658 g/mol. The summed E-state index contributed by atoms with van der Waals surface area (Å²) in [6.07, 6.45) is 5.33. The SMILES string of the molecule is Cc1cccc(N(CC(=O)N(Cc2ccccc2)C(Cc2ccccc2)C(=O)NC2CCCCC2)S(=O)(=O)c2ccc(Cl)cc2)c1. The second-order valence-corrected chi connectivity index (χ2v) is 14.2. The van der Waals surface area contributed by atoms with E-state index < -0.39 is 28.5 Å². The normalized spacial score (nSPS) is 14.3. The fourth-order valence-corrected chi connectivity index (χ4v) is 7.46. The van der Waals surface area contributed by atoms with Gasteiger partial charge in [-0.1, -0.05) is 104 Å². The Hall–Kier alpha value is -4.14. The minimum Gasteiger partial charge on any atom is -0.352 e. The molecule has 1 aliphatic carbocycles. The molecule has 5 rings (SSSR count). The van der Waals surface area contributed by atoms with Gasteiger partial charge in [0.2, 0.25) is 11.8 Å². The van der Waals surface area contributed by atoms with Gasteiger partial charge in [0.05, 0.1) is 10.6 Å². The quantitative estimate of drug-likeness (QED) is 0.179. The predicted octanol–water partition coefficient (Wildman–Crippen LogP) is 6.93. The summed E-state index contributed by atoms with van der Waals surface area (Å²) >= 11 is 6.08. The molecule has 4 aromatic carbocycles. The summed E-state index contributed by atoms with van der Waals surface area (Å²) in [6.45, 7) is 1.51. The van der Waals surface area contributed by atoms with Crippen molar-refractivity contribution in [2.45, 2.75) is 69.0 Å². The van der Waals surface area contributed by atoms with Crippen LogP contribution >= 0.6 is 11.6 Å². The highest BCUT2D eigenvalue weighted by Gasteiger charge is 2.35. The molecule has 0 aromatic heterocycles. The Morgan fingerprint density at radius 1 is 0.826 bits per heavy atom. The van der Waals surface area contributed by atoms with Crippen LogP contribution in [0.15, 0.2) is 114 Å². The van der Waals surface area contributed by atoms with E-state index in [-0.39, 0.29) is 29.8 Å². The van der Waals surface area contributed by atoms with Crippen molar-refractivity contribution in [2.24, 2.45) is 0 Å². The van der Waals surface area contributed by atoms with E-state index >= 15 is 0 Å². The molecule has 1 saturated carbocycles. The number of halogens is 1. The molecule has 1 N–H and O–H groups in total. The van der Waals surface area contributed by atoms with Crippen molar-refractivity contribution >= 4 is 39.1 Å². The molecule has 0 spiro atoms. The van der Waals surface area contributed by atoms with Gasteiger partial charge < -0.3 is 10.2 Å². The highest BCUT2D eigenvalue weighted by atomic mass is 35.5. The molecular formula is C37H40ClN3O4S. The third-order valence-electron chi connectivity index (χ3n) is 8.39. The van der Waals surface area contributed by atoms with Crippen molar-refractivity contribution < 1.29 is 18.0 Å². The molecule has 0 aliphatic heterocycles. The van der Waals surface area contributed by atoms with Gasteiger partial charge in [0, 0.05) is 24.0 Å². The van der Waals surface area contributed by atoms with E-state index in [9.17, 15) is 18.0 Å². The van der Waals surface area contributed by atoms with E-state index in [1.165, 1.54) is 24.3 Å². The lowest BCUT2D eigenvalue weighted by Crippen LogP contribution is -2.55. The maximum Gasteiger partial charge on any atom is 0.264 e. The average Bonchev–Trinajstić information content (AvgIpc) is 3.06. The van der Waals surface area contributed by atoms with Crippen LogP contribution < -0.4 is 9.62 Å². The Kier molecular flexibility index (Phi) is 11.1. The molecule has 9 heteroatoms. The van der Waals surface area contributed by atoms with E-state index in [1.807, 2.05) is 73.7 Å². The van der Waals surface area contributed by atoms with Gasteiger partial charge in [-0.25, -0.2) is 8.42 Å². The molecule has 0 saturated heterocycles. The number of anilines is 1. The van der Waals surface area contributed by atoms with Crippen LogP contribution in [0, 0.1) is 6.92 Å². The minimum atomic E-state index is -4.19. The number of nitrogens with zero attached hydrogens (tertiary/aromatic N) is 2. The lowest BCUT2D eigenvalue weighted by Gasteiger charge is -2.35. The van der Waals surface area contributed by atoms with E-state index in [0.29, 0.717) is 10.7 Å². The summed E-state index contributed by atoms with van der Waals surface area (Å²) in [6, 6.07) is 31.2. The van der Waals surface area contributed by atoms with Gasteiger partial charge in [-0.3, -0.25) is 13.9 Å². The first-order valence-corrected chi connectivity index (χ1v) is 17.6. The van der Waals surface area contributed by atoms with Gasteiger partial charge in [-0.05, 0) is 72.9 Å². The van der Waals surface area contributed by atoms with Gasteiger partial charge in [0.1, 0.15) is 12.6 Å². The van der Waals surface area contributed by atoms with Crippen molar-refractivity contribution in [1.29, 1.82) is 0 Å². The standard InChI is InChI=1S/C37H40ClN3O4S/c1-28-12-11-19-33(24-28)41(46(44,45)34-22-20-31(38)21-23-34)27-36(42)40(26-30-15-7-3-8-16-30)35(25-29-13-5-2-6-14-29)37(43)39-32-17-9-4-10-18-32/h2-3,5-8,11-16,19-24,32,35H,4,9-10,17-18,25-27H2,1H3,(H,39,43). The van der Waals surface area contributed by atoms with Crippen LogP contribution in [0.2, 0.25) is 5.02 Å². The predicted molar refractivity (Wildman–Crippen MR) is 183 cm³/mol. The van der Waals surface area contributed by atoms with Crippen molar-refractivity contribution in [3.63, 3.8) is 0 Å². The second kappa shape index (κ2) is 15.4. The number of benzene rings is 4. The third-order valence-corrected chi connectivity index (χ3v) is 10.4. The minimum absolute atomic E-state index is 0.0108. The van der Waals surface area contributed by atoms with Gasteiger partial charge in [0.15, 0.2) is 0 Å². The molecule has 0 heterocycles. The Labute approximate surface area is 277 Å². The van der Waals surface area contributed by atoms with Crippen LogP contribution in [0.25, 0.3) is 0 Å². The monoisotopic (exact) mass is 657 g/mol. The highest BCUT2D eigenvalue weighted by Crippen LogP contribution is 2.27. The number of aryl methyl sites for hydroxylation is 1. The fourth-order valence-electron chi connectivity index (χ4n) is 5.92. The molecular weight excluding hydrogens is 618 g/mol. The van der Waals surface area contributed by atoms with Gasteiger partial charge >= 0.3 is 0 Å². The smallest absolute Gasteiger partial charge is 0.264 e. The molecule has 1 fully saturated rings. The summed E-state index contributed by atoms with van der Waals surface area (Å²) in [4.78, 5) is 30.3. The Balaban J connectivity index is 1.55. The maximum absolute atomic E-state index is 14.6. The van der Waals surface area contributed by atoms with Gasteiger partial charge in [-0.15, -0.1) is 0 Å². The summed E-state index contributed by atoms with van der Waals surface area (Å²) in [7, 11) is -4.19. The van der Waals surface area contributed by atoms with Crippen LogP contribution in [-0.2, 0) is 32.6 Å². The number of hydrogen-bond acceptors (Lipinski definition) is 4. The van der Waals surface area contributed by atoms with E-state index in [0.717, 1.165) is 53.1 Å². The van der Waals surface area contributed by atoms with Crippen molar-refractivity contribution in [3.8, 4) is 0 Å². The van der Waals surface area contributed by atoms with Crippen LogP contribution in [0.3, 0.4) is 0 Å². The lowest BCUT2D eigenvalue weighted by atomic mass is 9.94. The molecule has 0 bridgehead atoms. The van der Waals surface area contributed by atoms with Crippen molar-refractivity contribution in [2.75, 3.05) is 10.8 Å². The van der Waals surface area contributed by atoms with Crippen LogP contribution in [0.5, 0.6) is 0 Å². The third kappa shape index (κ3) is 8.56. The molecule has 1 atom stereocenters. The summed E-state index contributed by atoms with van der Waals surface area (Å²) < 4.78 is 29.5. The van der Waals surface area contributed by atoms with Crippen molar-refractivity contribution in [3.05, 3.63) is 131 Å². The zero-order valence-electron chi connectivity index (χ0n) is 26.0. The lowest BCUT2D eigenvalue weighted by molar-refractivity contribution is -0.140. The van der Waals surface area contributed by atoms with Crippen molar-refractivity contribution in [1.82, 2.24) is 10.2 Å².